The second-order valence-electron chi connectivity index (χ2n) is 1.51. The Morgan fingerprint density at radius 3 is 2.62 bits per heavy atom. The van der Waals surface area contributed by atoms with Crippen molar-refractivity contribution in [2.45, 2.75) is 12.8 Å². The minimum absolute atomic E-state index is 0.244. The van der Waals surface area contributed by atoms with Crippen molar-refractivity contribution < 1.29 is 5.11 Å². The molecule has 0 rings (SSSR count). The van der Waals surface area contributed by atoms with Crippen molar-refractivity contribution in [2.24, 2.45) is 0 Å². The van der Waals surface area contributed by atoms with Gasteiger partial charge in [-0.05, 0) is 12.8 Å². The van der Waals surface area contributed by atoms with E-state index in [-0.39, 0.29) is 6.61 Å². The van der Waals surface area contributed by atoms with Crippen molar-refractivity contribution in [1.29, 1.82) is 0 Å². The predicted octanol–water partition coefficient (Wildman–Crippen LogP) is 1.50. The Kier molecular flexibility index (Phi) is 5.99. The molecule has 1 heteroatoms. The van der Waals surface area contributed by atoms with E-state index in [9.17, 15) is 0 Å². The summed E-state index contributed by atoms with van der Waals surface area (Å²) in [6, 6.07) is 0. The molecule has 0 atom stereocenters. The molecule has 0 aromatic heterocycles. The van der Waals surface area contributed by atoms with Crippen LogP contribution in [0.1, 0.15) is 12.8 Å². The van der Waals surface area contributed by atoms with Crippen molar-refractivity contribution >= 4 is 0 Å². The first-order valence-corrected chi connectivity index (χ1v) is 2.78. The topological polar surface area (TPSA) is 20.2 Å². The molecular weight excluding hydrogens is 100 g/mol. The molecule has 1 nitrogen and oxygen atoms in total. The maximum absolute atomic E-state index is 8.29. The highest BCUT2D eigenvalue weighted by molar-refractivity contribution is 4.87. The summed E-state index contributed by atoms with van der Waals surface area (Å²) in [6.07, 6.45) is 7.42. The van der Waals surface area contributed by atoms with Gasteiger partial charge in [0.15, 0.2) is 0 Å². The monoisotopic (exact) mass is 112 g/mol. The molecule has 0 radical (unpaired) electrons. The average molecular weight is 112 g/mol. The van der Waals surface area contributed by atoms with Crippen LogP contribution in [0.2, 0.25) is 0 Å². The predicted molar refractivity (Wildman–Crippen MR) is 35.7 cm³/mol. The third-order valence-corrected chi connectivity index (χ3v) is 0.765. The largest absolute Gasteiger partial charge is 0.396 e. The van der Waals surface area contributed by atoms with Crippen LogP contribution in [0.15, 0.2) is 24.8 Å². The molecule has 0 saturated carbocycles. The van der Waals surface area contributed by atoms with E-state index in [1.807, 2.05) is 18.2 Å². The zero-order valence-corrected chi connectivity index (χ0v) is 5.01. The molecule has 0 bridgehead atoms. The molecule has 0 aromatic rings. The molecule has 0 heterocycles. The molecule has 46 valence electrons. The summed E-state index contributed by atoms with van der Waals surface area (Å²) in [5.74, 6) is 0. The van der Waals surface area contributed by atoms with Crippen LogP contribution in [0, 0.1) is 0 Å². The number of aliphatic hydroxyl groups is 1. The quantitative estimate of drug-likeness (QED) is 0.546. The van der Waals surface area contributed by atoms with Crippen molar-refractivity contribution in [1.82, 2.24) is 0 Å². The highest BCUT2D eigenvalue weighted by Gasteiger charge is 1.70. The fourth-order valence-electron chi connectivity index (χ4n) is 0.385. The second-order valence-corrected chi connectivity index (χ2v) is 1.51. The van der Waals surface area contributed by atoms with Crippen molar-refractivity contribution in [2.75, 3.05) is 6.61 Å². The highest BCUT2D eigenvalue weighted by atomic mass is 16.2. The molecular formula is C7H12O. The minimum atomic E-state index is 0.244. The third kappa shape index (κ3) is 5.44. The van der Waals surface area contributed by atoms with Gasteiger partial charge in [-0.2, -0.15) is 0 Å². The summed E-state index contributed by atoms with van der Waals surface area (Å²) in [5.41, 5.74) is 0. The van der Waals surface area contributed by atoms with Gasteiger partial charge in [-0.1, -0.05) is 18.2 Å². The molecule has 0 aliphatic rings. The third-order valence-electron chi connectivity index (χ3n) is 0.765. The van der Waals surface area contributed by atoms with Crippen LogP contribution in [-0.2, 0) is 0 Å². The van der Waals surface area contributed by atoms with E-state index in [1.54, 1.807) is 0 Å². The normalized spacial score (nSPS) is 10.1. The first kappa shape index (κ1) is 7.44. The van der Waals surface area contributed by atoms with Crippen LogP contribution in [-0.4, -0.2) is 11.7 Å². The van der Waals surface area contributed by atoms with Crippen LogP contribution in [0.3, 0.4) is 0 Å². The molecule has 1 N–H and O–H groups in total. The Balaban J connectivity index is 2.94. The van der Waals surface area contributed by atoms with Crippen LogP contribution in [0.5, 0.6) is 0 Å². The first-order valence-electron chi connectivity index (χ1n) is 2.78. The van der Waals surface area contributed by atoms with Crippen LogP contribution < -0.4 is 0 Å². The Morgan fingerprint density at radius 1 is 1.38 bits per heavy atom. The van der Waals surface area contributed by atoms with Gasteiger partial charge in [0, 0.05) is 6.61 Å². The highest BCUT2D eigenvalue weighted by Crippen LogP contribution is 1.85. The summed E-state index contributed by atoms with van der Waals surface area (Å²) < 4.78 is 0. The Morgan fingerprint density at radius 2 is 2.12 bits per heavy atom. The zero-order chi connectivity index (χ0) is 6.24. The zero-order valence-electron chi connectivity index (χ0n) is 5.01. The van der Waals surface area contributed by atoms with Crippen molar-refractivity contribution in [3.05, 3.63) is 24.8 Å². The first-order chi connectivity index (χ1) is 3.91. The lowest BCUT2D eigenvalue weighted by molar-refractivity contribution is 0.302. The van der Waals surface area contributed by atoms with E-state index in [0.717, 1.165) is 12.8 Å². The lowest BCUT2D eigenvalue weighted by atomic mass is 10.3. The van der Waals surface area contributed by atoms with Crippen LogP contribution in [0.25, 0.3) is 0 Å². The fraction of sp³-hybridized carbons (Fsp3) is 0.429. The molecule has 0 spiro atoms. The molecule has 0 unspecified atom stereocenters. The number of aliphatic hydroxyl groups excluding tert-OH is 1. The standard InChI is InChI=1S/C7H12O/c1-2-3-4-5-6-7-8/h2,4-5,8H,1,3,6-7H2/b5-4-. The molecule has 0 fully saturated rings. The van der Waals surface area contributed by atoms with Gasteiger partial charge >= 0.3 is 0 Å². The van der Waals surface area contributed by atoms with Crippen LogP contribution in [0.4, 0.5) is 0 Å². The minimum Gasteiger partial charge on any atom is -0.396 e. The summed E-state index contributed by atoms with van der Waals surface area (Å²) >= 11 is 0. The molecule has 0 aromatic carbocycles. The van der Waals surface area contributed by atoms with E-state index in [1.165, 1.54) is 0 Å². The van der Waals surface area contributed by atoms with Gasteiger partial charge in [-0.25, -0.2) is 0 Å². The van der Waals surface area contributed by atoms with Crippen molar-refractivity contribution in [3.8, 4) is 0 Å². The smallest absolute Gasteiger partial charge is 0.0465 e. The van der Waals surface area contributed by atoms with Gasteiger partial charge in [0.1, 0.15) is 0 Å². The van der Waals surface area contributed by atoms with Gasteiger partial charge in [0.25, 0.3) is 0 Å². The molecule has 0 saturated heterocycles. The average Bonchev–Trinajstić information content (AvgIpc) is 1.81. The molecule has 0 aliphatic heterocycles. The molecule has 0 amide bonds. The summed E-state index contributed by atoms with van der Waals surface area (Å²) in [6.45, 7) is 3.79. The van der Waals surface area contributed by atoms with E-state index in [4.69, 9.17) is 5.11 Å². The SMILES string of the molecule is C=CC/C=C\CCO. The fourth-order valence-corrected chi connectivity index (χ4v) is 0.385. The van der Waals surface area contributed by atoms with Gasteiger partial charge < -0.3 is 5.11 Å². The van der Waals surface area contributed by atoms with Crippen molar-refractivity contribution in [3.63, 3.8) is 0 Å². The van der Waals surface area contributed by atoms with Crippen LogP contribution >= 0.6 is 0 Å². The summed E-state index contributed by atoms with van der Waals surface area (Å²) in [5, 5.41) is 8.29. The maximum atomic E-state index is 8.29. The lowest BCUT2D eigenvalue weighted by Gasteiger charge is -1.80. The lowest BCUT2D eigenvalue weighted by Crippen LogP contribution is -1.74. The van der Waals surface area contributed by atoms with Gasteiger partial charge in [-0.15, -0.1) is 6.58 Å². The van der Waals surface area contributed by atoms with E-state index in [0.29, 0.717) is 0 Å². The number of hydrogen-bond donors (Lipinski definition) is 1. The number of hydrogen-bond acceptors (Lipinski definition) is 1. The van der Waals surface area contributed by atoms with E-state index < -0.39 is 0 Å². The Labute approximate surface area is 50.3 Å². The molecule has 0 aliphatic carbocycles. The molecule has 8 heavy (non-hydrogen) atoms. The maximum Gasteiger partial charge on any atom is 0.0465 e. The number of rotatable bonds is 4. The van der Waals surface area contributed by atoms with Gasteiger partial charge in [0.05, 0.1) is 0 Å². The second kappa shape index (κ2) is 6.44. The number of allylic oxidation sites excluding steroid dienone is 2. The van der Waals surface area contributed by atoms with Gasteiger partial charge in [0.2, 0.25) is 0 Å². The van der Waals surface area contributed by atoms with Gasteiger partial charge in [-0.3, -0.25) is 0 Å². The Bertz CT molecular complexity index is 74.5. The summed E-state index contributed by atoms with van der Waals surface area (Å²) in [4.78, 5) is 0. The van der Waals surface area contributed by atoms with E-state index >= 15 is 0 Å². The Hall–Kier alpha value is -0.560. The van der Waals surface area contributed by atoms with E-state index in [2.05, 4.69) is 6.58 Å². The summed E-state index contributed by atoms with van der Waals surface area (Å²) in [7, 11) is 0.